The van der Waals surface area contributed by atoms with Gasteiger partial charge in [-0.1, -0.05) is 0 Å². The maximum Gasteiger partial charge on any atom is 0.303 e. The van der Waals surface area contributed by atoms with Crippen molar-refractivity contribution in [1.29, 1.82) is 0 Å². The fraction of sp³-hybridized carbons (Fsp3) is 0.800. The summed E-state index contributed by atoms with van der Waals surface area (Å²) in [6.45, 7) is 2.90. The SMILES string of the molecule is C[C@H](N)C(=O)N1CCCC(CC(=O)O)C1. The van der Waals surface area contributed by atoms with Gasteiger partial charge in [-0.25, -0.2) is 0 Å². The van der Waals surface area contributed by atoms with Crippen LogP contribution in [-0.4, -0.2) is 41.0 Å². The molecule has 0 bridgehead atoms. The van der Waals surface area contributed by atoms with E-state index in [1.54, 1.807) is 11.8 Å². The molecular formula is C10H18N2O3. The number of hydrogen-bond donors (Lipinski definition) is 2. The van der Waals surface area contributed by atoms with Gasteiger partial charge in [0.25, 0.3) is 0 Å². The zero-order chi connectivity index (χ0) is 11.4. The monoisotopic (exact) mass is 214 g/mol. The average molecular weight is 214 g/mol. The number of likely N-dealkylation sites (tertiary alicyclic amines) is 1. The highest BCUT2D eigenvalue weighted by atomic mass is 16.4. The number of carbonyl (C=O) groups excluding carboxylic acids is 1. The van der Waals surface area contributed by atoms with Crippen LogP contribution in [0.4, 0.5) is 0 Å². The predicted molar refractivity (Wildman–Crippen MR) is 55.2 cm³/mol. The highest BCUT2D eigenvalue weighted by molar-refractivity contribution is 5.81. The molecule has 1 aliphatic heterocycles. The standard InChI is InChI=1S/C10H18N2O3/c1-7(11)10(15)12-4-2-3-8(6-12)5-9(13)14/h7-8H,2-6,11H2,1H3,(H,13,14)/t7-,8?/m0/s1. The second-order valence-electron chi connectivity index (χ2n) is 4.18. The van der Waals surface area contributed by atoms with Crippen LogP contribution in [0.1, 0.15) is 26.2 Å². The number of nitrogens with zero attached hydrogens (tertiary/aromatic N) is 1. The van der Waals surface area contributed by atoms with Crippen LogP contribution in [0.2, 0.25) is 0 Å². The van der Waals surface area contributed by atoms with Gasteiger partial charge in [0.15, 0.2) is 0 Å². The fourth-order valence-electron chi connectivity index (χ4n) is 1.97. The quantitative estimate of drug-likeness (QED) is 0.695. The van der Waals surface area contributed by atoms with Crippen LogP contribution in [0.5, 0.6) is 0 Å². The minimum Gasteiger partial charge on any atom is -0.481 e. The first-order chi connectivity index (χ1) is 7.00. The molecule has 15 heavy (non-hydrogen) atoms. The Kier molecular flexibility index (Phi) is 4.08. The number of nitrogens with two attached hydrogens (primary N) is 1. The van der Waals surface area contributed by atoms with Crippen molar-refractivity contribution in [2.75, 3.05) is 13.1 Å². The molecule has 0 aromatic rings. The number of amides is 1. The third kappa shape index (κ3) is 3.51. The summed E-state index contributed by atoms with van der Waals surface area (Å²) in [6, 6.07) is -0.492. The first kappa shape index (κ1) is 12.0. The lowest BCUT2D eigenvalue weighted by molar-refractivity contribution is -0.141. The smallest absolute Gasteiger partial charge is 0.303 e. The molecule has 1 amide bonds. The van der Waals surface area contributed by atoms with Gasteiger partial charge in [-0.3, -0.25) is 9.59 Å². The van der Waals surface area contributed by atoms with Gasteiger partial charge in [-0.05, 0) is 25.7 Å². The van der Waals surface area contributed by atoms with Crippen molar-refractivity contribution in [2.24, 2.45) is 11.7 Å². The number of piperidine rings is 1. The maximum absolute atomic E-state index is 11.6. The molecule has 1 aliphatic rings. The molecule has 0 saturated carbocycles. The van der Waals surface area contributed by atoms with Crippen molar-refractivity contribution < 1.29 is 14.7 Å². The van der Waals surface area contributed by atoms with E-state index in [-0.39, 0.29) is 18.2 Å². The average Bonchev–Trinajstić information content (AvgIpc) is 2.16. The highest BCUT2D eigenvalue weighted by Gasteiger charge is 2.26. The zero-order valence-corrected chi connectivity index (χ0v) is 8.98. The van der Waals surface area contributed by atoms with Crippen LogP contribution in [0.15, 0.2) is 0 Å². The lowest BCUT2D eigenvalue weighted by Gasteiger charge is -2.33. The second-order valence-corrected chi connectivity index (χ2v) is 4.18. The Balaban J connectivity index is 2.48. The lowest BCUT2D eigenvalue weighted by atomic mass is 9.94. The number of carboxylic acid groups (broad SMARTS) is 1. The Hall–Kier alpha value is -1.10. The van der Waals surface area contributed by atoms with Gasteiger partial charge in [-0.15, -0.1) is 0 Å². The summed E-state index contributed by atoms with van der Waals surface area (Å²) in [5.74, 6) is -0.792. The molecule has 2 atom stereocenters. The van der Waals surface area contributed by atoms with E-state index >= 15 is 0 Å². The van der Waals surface area contributed by atoms with E-state index in [1.807, 2.05) is 0 Å². The van der Waals surface area contributed by atoms with Gasteiger partial charge in [0.2, 0.25) is 5.91 Å². The second kappa shape index (κ2) is 5.11. The van der Waals surface area contributed by atoms with E-state index in [4.69, 9.17) is 10.8 Å². The van der Waals surface area contributed by atoms with Crippen molar-refractivity contribution in [1.82, 2.24) is 4.90 Å². The van der Waals surface area contributed by atoms with Gasteiger partial charge in [0.05, 0.1) is 6.04 Å². The van der Waals surface area contributed by atoms with E-state index in [9.17, 15) is 9.59 Å². The van der Waals surface area contributed by atoms with Crippen LogP contribution in [0, 0.1) is 5.92 Å². The predicted octanol–water partition coefficient (Wildman–Crippen LogP) is 0.0469. The van der Waals surface area contributed by atoms with E-state index in [2.05, 4.69) is 0 Å². The van der Waals surface area contributed by atoms with Crippen molar-refractivity contribution in [3.05, 3.63) is 0 Å². The minimum absolute atomic E-state index is 0.0786. The minimum atomic E-state index is -0.796. The van der Waals surface area contributed by atoms with E-state index < -0.39 is 12.0 Å². The van der Waals surface area contributed by atoms with Gasteiger partial charge in [-0.2, -0.15) is 0 Å². The molecular weight excluding hydrogens is 196 g/mol. The molecule has 86 valence electrons. The summed E-state index contributed by atoms with van der Waals surface area (Å²) in [7, 11) is 0. The fourth-order valence-corrected chi connectivity index (χ4v) is 1.97. The summed E-state index contributed by atoms with van der Waals surface area (Å²) in [5, 5.41) is 8.67. The van der Waals surface area contributed by atoms with Crippen LogP contribution >= 0.6 is 0 Å². The summed E-state index contributed by atoms with van der Waals surface area (Å²) in [6.07, 6.45) is 1.90. The number of carboxylic acids is 1. The lowest BCUT2D eigenvalue weighted by Crippen LogP contribution is -2.47. The molecule has 5 heteroatoms. The number of rotatable bonds is 3. The highest BCUT2D eigenvalue weighted by Crippen LogP contribution is 2.19. The zero-order valence-electron chi connectivity index (χ0n) is 8.98. The molecule has 1 unspecified atom stereocenters. The molecule has 5 nitrogen and oxygen atoms in total. The third-order valence-corrected chi connectivity index (χ3v) is 2.68. The number of carbonyl (C=O) groups is 2. The van der Waals surface area contributed by atoms with Crippen LogP contribution < -0.4 is 5.73 Å². The van der Waals surface area contributed by atoms with Crippen LogP contribution in [0.25, 0.3) is 0 Å². The third-order valence-electron chi connectivity index (χ3n) is 2.68. The molecule has 1 heterocycles. The molecule has 0 spiro atoms. The van der Waals surface area contributed by atoms with Gasteiger partial charge in [0.1, 0.15) is 0 Å². The summed E-state index contributed by atoms with van der Waals surface area (Å²) in [5.41, 5.74) is 5.51. The normalized spacial score (nSPS) is 23.6. The molecule has 1 rings (SSSR count). The molecule has 0 radical (unpaired) electrons. The molecule has 0 aromatic heterocycles. The van der Waals surface area contributed by atoms with Crippen LogP contribution in [0.3, 0.4) is 0 Å². The molecule has 3 N–H and O–H groups in total. The Bertz CT molecular complexity index is 253. The number of hydrogen-bond acceptors (Lipinski definition) is 3. The van der Waals surface area contributed by atoms with Crippen molar-refractivity contribution in [3.8, 4) is 0 Å². The van der Waals surface area contributed by atoms with Crippen LogP contribution in [-0.2, 0) is 9.59 Å². The molecule has 0 aliphatic carbocycles. The summed E-state index contributed by atoms with van der Waals surface area (Å²) >= 11 is 0. The summed E-state index contributed by atoms with van der Waals surface area (Å²) < 4.78 is 0. The maximum atomic E-state index is 11.6. The molecule has 0 aromatic carbocycles. The van der Waals surface area contributed by atoms with E-state index in [0.29, 0.717) is 13.1 Å². The van der Waals surface area contributed by atoms with E-state index in [1.165, 1.54) is 0 Å². The Labute approximate surface area is 89.2 Å². The first-order valence-electron chi connectivity index (χ1n) is 5.27. The van der Waals surface area contributed by atoms with Gasteiger partial charge < -0.3 is 15.7 Å². The van der Waals surface area contributed by atoms with Gasteiger partial charge in [0, 0.05) is 19.5 Å². The first-order valence-corrected chi connectivity index (χ1v) is 5.27. The van der Waals surface area contributed by atoms with Gasteiger partial charge >= 0.3 is 5.97 Å². The molecule has 1 saturated heterocycles. The molecule has 1 fully saturated rings. The Morgan fingerprint density at radius 3 is 2.80 bits per heavy atom. The van der Waals surface area contributed by atoms with Crippen molar-refractivity contribution >= 4 is 11.9 Å². The number of aliphatic carboxylic acids is 1. The topological polar surface area (TPSA) is 83.6 Å². The van der Waals surface area contributed by atoms with Crippen molar-refractivity contribution in [3.63, 3.8) is 0 Å². The largest absolute Gasteiger partial charge is 0.481 e. The Morgan fingerprint density at radius 1 is 1.60 bits per heavy atom. The van der Waals surface area contributed by atoms with E-state index in [0.717, 1.165) is 12.8 Å². The van der Waals surface area contributed by atoms with Crippen molar-refractivity contribution in [2.45, 2.75) is 32.2 Å². The Morgan fingerprint density at radius 2 is 2.27 bits per heavy atom. The summed E-state index contributed by atoms with van der Waals surface area (Å²) in [4.78, 5) is 23.8.